The number of pyridine rings is 1. The first-order valence-electron chi connectivity index (χ1n) is 5.94. The quantitative estimate of drug-likeness (QED) is 0.602. The molecule has 0 spiro atoms. The first kappa shape index (κ1) is 12.3. The molecule has 1 saturated heterocycles. The number of anilines is 1. The van der Waals surface area contributed by atoms with Gasteiger partial charge in [0.25, 0.3) is 0 Å². The summed E-state index contributed by atoms with van der Waals surface area (Å²) in [6.07, 6.45) is 3.19. The van der Waals surface area contributed by atoms with Crippen LogP contribution in [0.4, 0.5) is 5.82 Å². The summed E-state index contributed by atoms with van der Waals surface area (Å²) < 4.78 is 5.58. The number of aromatic nitrogens is 1. The molecule has 1 aromatic heterocycles. The third-order valence-electron chi connectivity index (χ3n) is 3.31. The number of rotatable bonds is 4. The van der Waals surface area contributed by atoms with Gasteiger partial charge < -0.3 is 10.2 Å². The molecule has 2 heterocycles. The zero-order valence-electron chi connectivity index (χ0n) is 10.4. The van der Waals surface area contributed by atoms with Gasteiger partial charge in [-0.1, -0.05) is 0 Å². The molecule has 0 radical (unpaired) electrons. The fourth-order valence-corrected chi connectivity index (χ4v) is 2.36. The van der Waals surface area contributed by atoms with E-state index in [2.05, 4.69) is 29.3 Å². The average Bonchev–Trinajstić information content (AvgIpc) is 2.76. The Morgan fingerprint density at radius 1 is 1.65 bits per heavy atom. The minimum absolute atomic E-state index is 0.314. The average molecular weight is 236 g/mol. The van der Waals surface area contributed by atoms with Crippen LogP contribution in [0.2, 0.25) is 0 Å². The smallest absolute Gasteiger partial charge is 0.140 e. The van der Waals surface area contributed by atoms with Crippen LogP contribution in [0.25, 0.3) is 0 Å². The minimum atomic E-state index is 0.314. The van der Waals surface area contributed by atoms with Crippen molar-refractivity contribution in [1.29, 1.82) is 0 Å². The van der Waals surface area contributed by atoms with Crippen LogP contribution in [0.1, 0.15) is 18.9 Å². The van der Waals surface area contributed by atoms with Gasteiger partial charge in [-0.15, -0.1) is 0 Å². The highest BCUT2D eigenvalue weighted by atomic mass is 16.5. The molecule has 5 nitrogen and oxygen atoms in total. The van der Waals surface area contributed by atoms with Gasteiger partial charge >= 0.3 is 0 Å². The number of likely N-dealkylation sites (N-methyl/N-ethyl adjacent to an activating group) is 1. The lowest BCUT2D eigenvalue weighted by molar-refractivity contribution is 0.0814. The van der Waals surface area contributed by atoms with E-state index in [9.17, 15) is 0 Å². The van der Waals surface area contributed by atoms with Crippen molar-refractivity contribution in [1.82, 2.24) is 9.88 Å². The molecular formula is C12H20N4O. The number of ether oxygens (including phenoxy) is 1. The van der Waals surface area contributed by atoms with Crippen molar-refractivity contribution in [3.63, 3.8) is 0 Å². The molecule has 1 aliphatic rings. The molecule has 3 N–H and O–H groups in total. The SMILES string of the molecule is CC1OCCC1N(C)Cc1ccnc(NN)c1. The van der Waals surface area contributed by atoms with Crippen LogP contribution in [0.3, 0.4) is 0 Å². The third-order valence-corrected chi connectivity index (χ3v) is 3.31. The molecule has 17 heavy (non-hydrogen) atoms. The van der Waals surface area contributed by atoms with Gasteiger partial charge in [-0.3, -0.25) is 4.90 Å². The van der Waals surface area contributed by atoms with E-state index in [1.165, 1.54) is 5.56 Å². The van der Waals surface area contributed by atoms with Crippen molar-refractivity contribution in [2.75, 3.05) is 19.1 Å². The van der Waals surface area contributed by atoms with Crippen molar-refractivity contribution >= 4 is 5.82 Å². The molecule has 0 bridgehead atoms. The fraction of sp³-hybridized carbons (Fsp3) is 0.583. The van der Waals surface area contributed by atoms with Crippen LogP contribution in [0.5, 0.6) is 0 Å². The second kappa shape index (κ2) is 5.44. The van der Waals surface area contributed by atoms with Crippen molar-refractivity contribution in [3.05, 3.63) is 23.9 Å². The van der Waals surface area contributed by atoms with Crippen LogP contribution in [0, 0.1) is 0 Å². The Kier molecular flexibility index (Phi) is 3.93. The van der Waals surface area contributed by atoms with E-state index in [4.69, 9.17) is 10.6 Å². The van der Waals surface area contributed by atoms with Crippen LogP contribution >= 0.6 is 0 Å². The number of nitrogens with one attached hydrogen (secondary N) is 1. The molecule has 1 fully saturated rings. The van der Waals surface area contributed by atoms with E-state index in [0.717, 1.165) is 19.6 Å². The molecule has 2 unspecified atom stereocenters. The monoisotopic (exact) mass is 236 g/mol. The third kappa shape index (κ3) is 2.94. The zero-order chi connectivity index (χ0) is 12.3. The molecule has 1 aromatic rings. The zero-order valence-corrected chi connectivity index (χ0v) is 10.4. The summed E-state index contributed by atoms with van der Waals surface area (Å²) in [6.45, 7) is 3.88. The Hall–Kier alpha value is -1.17. The summed E-state index contributed by atoms with van der Waals surface area (Å²) in [7, 11) is 2.13. The van der Waals surface area contributed by atoms with Crippen LogP contribution in [0.15, 0.2) is 18.3 Å². The second-order valence-electron chi connectivity index (χ2n) is 4.54. The molecule has 5 heteroatoms. The second-order valence-corrected chi connectivity index (χ2v) is 4.54. The predicted molar refractivity (Wildman–Crippen MR) is 67.3 cm³/mol. The van der Waals surface area contributed by atoms with Gasteiger partial charge in [0.15, 0.2) is 0 Å². The maximum Gasteiger partial charge on any atom is 0.140 e. The number of hydrogen-bond acceptors (Lipinski definition) is 5. The van der Waals surface area contributed by atoms with Crippen molar-refractivity contribution in [2.45, 2.75) is 32.0 Å². The van der Waals surface area contributed by atoms with E-state index in [0.29, 0.717) is 18.0 Å². The number of hydrazine groups is 1. The number of nitrogens with two attached hydrogens (primary N) is 1. The maximum absolute atomic E-state index is 5.58. The standard InChI is InChI=1S/C12H20N4O/c1-9-11(4-6-17-9)16(2)8-10-3-5-14-12(7-10)15-13/h3,5,7,9,11H,4,6,8,13H2,1-2H3,(H,14,15). The van der Waals surface area contributed by atoms with Gasteiger partial charge in [-0.2, -0.15) is 0 Å². The highest BCUT2D eigenvalue weighted by Crippen LogP contribution is 2.20. The van der Waals surface area contributed by atoms with E-state index in [-0.39, 0.29) is 0 Å². The molecular weight excluding hydrogens is 216 g/mol. The Morgan fingerprint density at radius 2 is 2.47 bits per heavy atom. The lowest BCUT2D eigenvalue weighted by Gasteiger charge is -2.26. The number of nitrogens with zero attached hydrogens (tertiary/aromatic N) is 2. The first-order chi connectivity index (χ1) is 8.20. The van der Waals surface area contributed by atoms with Gasteiger partial charge in [-0.05, 0) is 38.1 Å². The van der Waals surface area contributed by atoms with E-state index >= 15 is 0 Å². The summed E-state index contributed by atoms with van der Waals surface area (Å²) >= 11 is 0. The normalized spacial score (nSPS) is 24.2. The summed E-state index contributed by atoms with van der Waals surface area (Å²) in [6, 6.07) is 4.48. The molecule has 0 aliphatic carbocycles. The van der Waals surface area contributed by atoms with Crippen molar-refractivity contribution in [2.24, 2.45) is 5.84 Å². The van der Waals surface area contributed by atoms with Gasteiger partial charge in [0.2, 0.25) is 0 Å². The van der Waals surface area contributed by atoms with Gasteiger partial charge in [0.05, 0.1) is 6.10 Å². The fourth-order valence-electron chi connectivity index (χ4n) is 2.36. The van der Waals surface area contributed by atoms with Crippen molar-refractivity contribution in [3.8, 4) is 0 Å². The summed E-state index contributed by atoms with van der Waals surface area (Å²) in [5.41, 5.74) is 3.77. The maximum atomic E-state index is 5.58. The van der Waals surface area contributed by atoms with Crippen molar-refractivity contribution < 1.29 is 4.74 Å². The topological polar surface area (TPSA) is 63.4 Å². The largest absolute Gasteiger partial charge is 0.377 e. The first-order valence-corrected chi connectivity index (χ1v) is 5.94. The van der Waals surface area contributed by atoms with E-state index in [1.807, 2.05) is 12.1 Å². The van der Waals surface area contributed by atoms with Crippen LogP contribution < -0.4 is 11.3 Å². The van der Waals surface area contributed by atoms with Gasteiger partial charge in [0.1, 0.15) is 5.82 Å². The molecule has 0 saturated carbocycles. The Balaban J connectivity index is 1.99. The Bertz CT molecular complexity index is 371. The Morgan fingerprint density at radius 3 is 3.12 bits per heavy atom. The lowest BCUT2D eigenvalue weighted by atomic mass is 10.1. The number of hydrogen-bond donors (Lipinski definition) is 2. The highest BCUT2D eigenvalue weighted by molar-refractivity contribution is 5.35. The van der Waals surface area contributed by atoms with Crippen LogP contribution in [-0.4, -0.2) is 35.7 Å². The Labute approximate surface area is 102 Å². The predicted octanol–water partition coefficient (Wildman–Crippen LogP) is 0.976. The van der Waals surface area contributed by atoms with E-state index in [1.54, 1.807) is 6.20 Å². The molecule has 2 rings (SSSR count). The minimum Gasteiger partial charge on any atom is -0.377 e. The summed E-state index contributed by atoms with van der Waals surface area (Å²) in [5.74, 6) is 6.05. The highest BCUT2D eigenvalue weighted by Gasteiger charge is 2.27. The van der Waals surface area contributed by atoms with Gasteiger partial charge in [0, 0.05) is 25.4 Å². The van der Waals surface area contributed by atoms with Crippen LogP contribution in [-0.2, 0) is 11.3 Å². The molecule has 2 atom stereocenters. The molecule has 0 aromatic carbocycles. The summed E-state index contributed by atoms with van der Waals surface area (Å²) in [4.78, 5) is 6.42. The number of nitrogen functional groups attached to an aromatic ring is 1. The molecule has 1 aliphatic heterocycles. The van der Waals surface area contributed by atoms with E-state index < -0.39 is 0 Å². The molecule has 0 amide bonds. The lowest BCUT2D eigenvalue weighted by Crippen LogP contribution is -2.36. The summed E-state index contributed by atoms with van der Waals surface area (Å²) in [5, 5.41) is 0. The molecule has 94 valence electrons. The van der Waals surface area contributed by atoms with Gasteiger partial charge in [-0.25, -0.2) is 10.8 Å².